The van der Waals surface area contributed by atoms with Gasteiger partial charge in [-0.25, -0.2) is 8.42 Å². The van der Waals surface area contributed by atoms with E-state index < -0.39 is 20.1 Å². The van der Waals surface area contributed by atoms with E-state index >= 15 is 0 Å². The third-order valence-corrected chi connectivity index (χ3v) is 10.2. The molecule has 0 bridgehead atoms. The molecule has 206 valence electrons. The van der Waals surface area contributed by atoms with Crippen molar-refractivity contribution in [3.63, 3.8) is 0 Å². The molecule has 0 saturated carbocycles. The van der Waals surface area contributed by atoms with Crippen molar-refractivity contribution in [2.75, 3.05) is 13.2 Å². The number of nitrogens with zero attached hydrogens (tertiary/aromatic N) is 1. The van der Waals surface area contributed by atoms with Gasteiger partial charge < -0.3 is 0 Å². The van der Waals surface area contributed by atoms with Crippen molar-refractivity contribution in [1.82, 2.24) is 4.31 Å². The molecule has 8 heteroatoms. The van der Waals surface area contributed by atoms with Gasteiger partial charge in [-0.15, -0.1) is 0 Å². The maximum atomic E-state index is 13.9. The number of sulfonamides is 1. The molecule has 0 N–H and O–H groups in total. The normalized spacial score (nSPS) is 12.4. The summed E-state index contributed by atoms with van der Waals surface area (Å²) in [7, 11) is -7.85. The number of hydrogen-bond acceptors (Lipinski definition) is 5. The van der Waals surface area contributed by atoms with Crippen molar-refractivity contribution in [3.05, 3.63) is 120 Å². The van der Waals surface area contributed by atoms with Crippen LogP contribution in [-0.4, -0.2) is 34.3 Å². The Morgan fingerprint density at radius 3 is 1.70 bits per heavy atom. The molecule has 0 aliphatic carbocycles. The van der Waals surface area contributed by atoms with E-state index in [0.717, 1.165) is 38.2 Å². The van der Waals surface area contributed by atoms with Crippen LogP contribution in [0.5, 0.6) is 0 Å². The van der Waals surface area contributed by atoms with Crippen LogP contribution in [0.15, 0.2) is 113 Å². The van der Waals surface area contributed by atoms with Crippen LogP contribution in [-0.2, 0) is 30.9 Å². The fraction of sp³-hybridized carbons (Fsp3) is 0.188. The van der Waals surface area contributed by atoms with E-state index in [2.05, 4.69) is 6.07 Å². The van der Waals surface area contributed by atoms with Gasteiger partial charge in [0, 0.05) is 13.1 Å². The molecule has 0 fully saturated rings. The van der Waals surface area contributed by atoms with Gasteiger partial charge in [0.15, 0.2) is 0 Å². The Morgan fingerprint density at radius 2 is 1.15 bits per heavy atom. The van der Waals surface area contributed by atoms with Crippen molar-refractivity contribution >= 4 is 41.7 Å². The Kier molecular flexibility index (Phi) is 8.05. The first-order valence-electron chi connectivity index (χ1n) is 13.1. The maximum absolute atomic E-state index is 13.9. The summed E-state index contributed by atoms with van der Waals surface area (Å²) in [6.45, 7) is 3.84. The third kappa shape index (κ3) is 5.95. The first-order valence-corrected chi connectivity index (χ1v) is 15.9. The van der Waals surface area contributed by atoms with Gasteiger partial charge in [0.05, 0.1) is 16.4 Å². The monoisotopic (exact) mass is 573 g/mol. The van der Waals surface area contributed by atoms with E-state index in [1.165, 1.54) is 16.4 Å². The molecule has 0 spiro atoms. The minimum absolute atomic E-state index is 0.0736. The number of benzene rings is 5. The lowest BCUT2D eigenvalue weighted by Gasteiger charge is -2.24. The highest BCUT2D eigenvalue weighted by Gasteiger charge is 2.26. The van der Waals surface area contributed by atoms with E-state index in [0.29, 0.717) is 0 Å². The zero-order valence-electron chi connectivity index (χ0n) is 22.4. The van der Waals surface area contributed by atoms with Crippen molar-refractivity contribution in [2.24, 2.45) is 0 Å². The van der Waals surface area contributed by atoms with Gasteiger partial charge in [-0.2, -0.15) is 12.7 Å². The Hall–Kier alpha value is -3.56. The number of aryl methyl sites for hydroxylation is 2. The Morgan fingerprint density at radius 1 is 0.650 bits per heavy atom. The lowest BCUT2D eigenvalue weighted by molar-refractivity contribution is 0.290. The molecule has 0 heterocycles. The maximum Gasteiger partial charge on any atom is 0.296 e. The Bertz CT molecular complexity index is 1810. The van der Waals surface area contributed by atoms with Crippen LogP contribution in [0.25, 0.3) is 21.5 Å². The molecule has 0 aliphatic rings. The van der Waals surface area contributed by atoms with Crippen LogP contribution in [0.4, 0.5) is 0 Å². The Balaban J connectivity index is 1.46. The van der Waals surface area contributed by atoms with Crippen molar-refractivity contribution in [1.29, 1.82) is 0 Å². The zero-order chi connectivity index (χ0) is 28.3. The second-order valence-corrected chi connectivity index (χ2v) is 13.4. The molecule has 0 aliphatic heterocycles. The summed E-state index contributed by atoms with van der Waals surface area (Å²) < 4.78 is 59.9. The van der Waals surface area contributed by atoms with Crippen LogP contribution in [0.2, 0.25) is 0 Å². The molecule has 0 unspecified atom stereocenters. The summed E-state index contributed by atoms with van der Waals surface area (Å²) in [5.74, 6) is 0. The van der Waals surface area contributed by atoms with E-state index in [9.17, 15) is 16.8 Å². The minimum Gasteiger partial charge on any atom is -0.266 e. The summed E-state index contributed by atoms with van der Waals surface area (Å²) in [5, 5.41) is 4.00. The van der Waals surface area contributed by atoms with E-state index in [-0.39, 0.29) is 35.9 Å². The SMILES string of the molecule is Cc1ccc(S(=O)(=O)OCCCN(Cc2c3ccccc3cc3ccccc23)S(=O)(=O)c2ccc(C)cc2)cc1. The van der Waals surface area contributed by atoms with Crippen molar-refractivity contribution in [2.45, 2.75) is 36.6 Å². The first-order chi connectivity index (χ1) is 19.1. The van der Waals surface area contributed by atoms with Crippen LogP contribution in [0.1, 0.15) is 23.1 Å². The van der Waals surface area contributed by atoms with E-state index in [1.807, 2.05) is 62.4 Å². The lowest BCUT2D eigenvalue weighted by Crippen LogP contribution is -2.32. The predicted octanol–water partition coefficient (Wildman–Crippen LogP) is 6.60. The van der Waals surface area contributed by atoms with Gasteiger partial charge in [-0.1, -0.05) is 83.9 Å². The standard InChI is InChI=1S/C32H31NO5S2/c1-24-12-16-28(17-13-24)39(34,35)33(20-7-21-38-40(36,37)29-18-14-25(2)15-19-29)23-32-30-10-5-3-8-26(30)22-27-9-4-6-11-31(27)32/h3-6,8-19,22H,7,20-21,23H2,1-2H3. The molecule has 0 aromatic heterocycles. The first kappa shape index (κ1) is 28.0. The van der Waals surface area contributed by atoms with Crippen LogP contribution < -0.4 is 0 Å². The third-order valence-electron chi connectivity index (χ3n) is 6.98. The summed E-state index contributed by atoms with van der Waals surface area (Å²) in [6, 6.07) is 31.2. The largest absolute Gasteiger partial charge is 0.296 e. The van der Waals surface area contributed by atoms with Crippen molar-refractivity contribution < 1.29 is 21.0 Å². The highest BCUT2D eigenvalue weighted by molar-refractivity contribution is 7.89. The highest BCUT2D eigenvalue weighted by Crippen LogP contribution is 2.31. The zero-order valence-corrected chi connectivity index (χ0v) is 24.1. The van der Waals surface area contributed by atoms with E-state index in [4.69, 9.17) is 4.18 Å². The van der Waals surface area contributed by atoms with Gasteiger partial charge >= 0.3 is 0 Å². The van der Waals surface area contributed by atoms with Crippen molar-refractivity contribution in [3.8, 4) is 0 Å². The second kappa shape index (κ2) is 11.5. The minimum atomic E-state index is -3.95. The number of fused-ring (bicyclic) bond motifs is 2. The fourth-order valence-corrected chi connectivity index (χ4v) is 7.17. The molecule has 0 atom stereocenters. The van der Waals surface area contributed by atoms with Gasteiger partial charge in [0.2, 0.25) is 10.0 Å². The molecular weight excluding hydrogens is 542 g/mol. The second-order valence-electron chi connectivity index (χ2n) is 9.89. The number of rotatable bonds is 10. The molecule has 6 nitrogen and oxygen atoms in total. The fourth-order valence-electron chi connectivity index (χ4n) is 4.78. The molecule has 40 heavy (non-hydrogen) atoms. The molecule has 0 saturated heterocycles. The van der Waals surface area contributed by atoms with Gasteiger partial charge in [0.25, 0.3) is 10.1 Å². The van der Waals surface area contributed by atoms with E-state index in [1.54, 1.807) is 36.4 Å². The highest BCUT2D eigenvalue weighted by atomic mass is 32.2. The molecule has 5 aromatic carbocycles. The average Bonchev–Trinajstić information content (AvgIpc) is 2.94. The number of hydrogen-bond donors (Lipinski definition) is 0. The molecule has 5 aromatic rings. The smallest absolute Gasteiger partial charge is 0.266 e. The molecule has 5 rings (SSSR count). The quantitative estimate of drug-likeness (QED) is 0.107. The summed E-state index contributed by atoms with van der Waals surface area (Å²) >= 11 is 0. The van der Waals surface area contributed by atoms with Crippen LogP contribution in [0, 0.1) is 13.8 Å². The van der Waals surface area contributed by atoms with Gasteiger partial charge in [0.1, 0.15) is 0 Å². The predicted molar refractivity (Wildman–Crippen MR) is 159 cm³/mol. The molecular formula is C32H31NO5S2. The van der Waals surface area contributed by atoms with Crippen LogP contribution >= 0.6 is 0 Å². The average molecular weight is 574 g/mol. The van der Waals surface area contributed by atoms with Gasteiger partial charge in [-0.3, -0.25) is 4.18 Å². The summed E-state index contributed by atoms with van der Waals surface area (Å²) in [5.41, 5.74) is 2.80. The van der Waals surface area contributed by atoms with Gasteiger partial charge in [-0.05, 0) is 77.7 Å². The van der Waals surface area contributed by atoms with Crippen LogP contribution in [0.3, 0.4) is 0 Å². The molecule has 0 amide bonds. The Labute approximate surface area is 236 Å². The lowest BCUT2D eigenvalue weighted by atomic mass is 9.97. The summed E-state index contributed by atoms with van der Waals surface area (Å²) in [4.78, 5) is 0.264. The topological polar surface area (TPSA) is 80.8 Å². The molecule has 0 radical (unpaired) electrons. The summed E-state index contributed by atoms with van der Waals surface area (Å²) in [6.07, 6.45) is 0.193.